The van der Waals surface area contributed by atoms with Crippen molar-refractivity contribution in [1.29, 1.82) is 0 Å². The lowest BCUT2D eigenvalue weighted by atomic mass is 10.0. The Balaban J connectivity index is 0.000000626. The highest BCUT2D eigenvalue weighted by Gasteiger charge is 1.98. The van der Waals surface area contributed by atoms with Gasteiger partial charge in [0.2, 0.25) is 0 Å². The van der Waals surface area contributed by atoms with E-state index in [1.165, 1.54) is 44.9 Å². The van der Waals surface area contributed by atoms with Crippen LogP contribution in [0.4, 0.5) is 0 Å². The van der Waals surface area contributed by atoms with E-state index in [0.717, 1.165) is 12.0 Å². The maximum atomic E-state index is 9.58. The third kappa shape index (κ3) is 12.6. The molecule has 22 heavy (non-hydrogen) atoms. The van der Waals surface area contributed by atoms with Crippen LogP contribution in [-0.2, 0) is 6.42 Å². The van der Waals surface area contributed by atoms with Crippen LogP contribution in [0.25, 0.3) is 0 Å². The molecule has 1 aromatic carbocycles. The molecule has 0 saturated heterocycles. The molecule has 0 aliphatic carbocycles. The van der Waals surface area contributed by atoms with Crippen LogP contribution in [0.3, 0.4) is 0 Å². The normalized spacial score (nSPS) is 11.6. The van der Waals surface area contributed by atoms with Crippen LogP contribution < -0.4 is 11.5 Å². The number of hydrogen-bond acceptors (Lipinski definition) is 4. The van der Waals surface area contributed by atoms with E-state index in [1.807, 2.05) is 18.2 Å². The van der Waals surface area contributed by atoms with Gasteiger partial charge in [-0.2, -0.15) is 0 Å². The molecule has 128 valence electrons. The molecule has 1 rings (SSSR count). The van der Waals surface area contributed by atoms with Crippen molar-refractivity contribution in [2.45, 2.75) is 70.9 Å². The fourth-order valence-corrected chi connectivity index (χ4v) is 2.17. The number of aliphatic hydroxyl groups excluding tert-OH is 1. The van der Waals surface area contributed by atoms with Gasteiger partial charge in [0.25, 0.3) is 0 Å². The highest BCUT2D eigenvalue weighted by atomic mass is 16.3. The molecule has 0 radical (unpaired) electrons. The fraction of sp³-hybridized carbons (Fsp3) is 0.667. The first-order valence-corrected chi connectivity index (χ1v) is 8.52. The second-order valence-corrected chi connectivity index (χ2v) is 5.64. The molecular weight excluding hydrogens is 276 g/mol. The van der Waals surface area contributed by atoms with Gasteiger partial charge < -0.3 is 21.7 Å². The van der Waals surface area contributed by atoms with Crippen LogP contribution in [0.1, 0.15) is 63.9 Å². The van der Waals surface area contributed by atoms with Crippen molar-refractivity contribution in [3.8, 4) is 5.75 Å². The van der Waals surface area contributed by atoms with E-state index in [2.05, 4.69) is 6.92 Å². The van der Waals surface area contributed by atoms with Gasteiger partial charge in [0.15, 0.2) is 0 Å². The minimum Gasteiger partial charge on any atom is -0.508 e. The molecule has 0 amide bonds. The number of unbranched alkanes of at least 4 members (excludes halogenated alkanes) is 6. The average molecular weight is 310 g/mol. The SMILES string of the molecule is CCCCCCCCCc1ccccc1O.NCCC(N)O. The van der Waals surface area contributed by atoms with Gasteiger partial charge in [-0.15, -0.1) is 0 Å². The number of nitrogens with two attached hydrogens (primary N) is 2. The Labute approximate surface area is 135 Å². The average Bonchev–Trinajstić information content (AvgIpc) is 2.48. The number of rotatable bonds is 10. The van der Waals surface area contributed by atoms with Crippen LogP contribution in [0.2, 0.25) is 0 Å². The van der Waals surface area contributed by atoms with Gasteiger partial charge in [-0.3, -0.25) is 0 Å². The van der Waals surface area contributed by atoms with Crippen molar-refractivity contribution < 1.29 is 10.2 Å². The third-order valence-corrected chi connectivity index (χ3v) is 3.50. The van der Waals surface area contributed by atoms with E-state index >= 15 is 0 Å². The first kappa shape index (κ1) is 20.9. The topological polar surface area (TPSA) is 92.5 Å². The predicted molar refractivity (Wildman–Crippen MR) is 93.7 cm³/mol. The van der Waals surface area contributed by atoms with Crippen molar-refractivity contribution in [3.05, 3.63) is 29.8 Å². The Bertz CT molecular complexity index is 357. The molecule has 0 fully saturated rings. The van der Waals surface area contributed by atoms with Gasteiger partial charge in [-0.1, -0.05) is 63.6 Å². The molecule has 0 aliphatic rings. The number of phenols is 1. The summed E-state index contributed by atoms with van der Waals surface area (Å²) < 4.78 is 0. The second-order valence-electron chi connectivity index (χ2n) is 5.64. The van der Waals surface area contributed by atoms with E-state index in [4.69, 9.17) is 16.6 Å². The first-order chi connectivity index (χ1) is 10.6. The molecular formula is C18H34N2O2. The Morgan fingerprint density at radius 3 is 2.09 bits per heavy atom. The molecule has 4 nitrogen and oxygen atoms in total. The number of para-hydroxylation sites is 1. The monoisotopic (exact) mass is 310 g/mol. The number of aromatic hydroxyl groups is 1. The van der Waals surface area contributed by atoms with Crippen molar-refractivity contribution in [2.24, 2.45) is 11.5 Å². The standard InChI is InChI=1S/C15H24O.C3H10N2O/c1-2-3-4-5-6-7-8-11-14-12-9-10-13-15(14)16;4-2-1-3(5)6/h9-10,12-13,16H,2-8,11H2,1H3;3,6H,1-2,4-5H2. The summed E-state index contributed by atoms with van der Waals surface area (Å²) in [5.41, 5.74) is 11.0. The Morgan fingerprint density at radius 2 is 1.59 bits per heavy atom. The molecule has 1 unspecified atom stereocenters. The summed E-state index contributed by atoms with van der Waals surface area (Å²) in [7, 11) is 0. The summed E-state index contributed by atoms with van der Waals surface area (Å²) in [4.78, 5) is 0. The van der Waals surface area contributed by atoms with Crippen LogP contribution in [0.15, 0.2) is 24.3 Å². The van der Waals surface area contributed by atoms with E-state index < -0.39 is 6.23 Å². The summed E-state index contributed by atoms with van der Waals surface area (Å²) in [5.74, 6) is 0.452. The minimum absolute atomic E-state index is 0.452. The van der Waals surface area contributed by atoms with Crippen molar-refractivity contribution in [2.75, 3.05) is 6.54 Å². The van der Waals surface area contributed by atoms with E-state index in [1.54, 1.807) is 6.07 Å². The van der Waals surface area contributed by atoms with Crippen LogP contribution >= 0.6 is 0 Å². The molecule has 0 aliphatic heterocycles. The lowest BCUT2D eigenvalue weighted by Crippen LogP contribution is -2.22. The molecule has 1 aromatic rings. The predicted octanol–water partition coefficient (Wildman–Crippen LogP) is 3.30. The lowest BCUT2D eigenvalue weighted by Gasteiger charge is -2.04. The maximum absolute atomic E-state index is 9.58. The molecule has 0 bridgehead atoms. The highest BCUT2D eigenvalue weighted by Crippen LogP contribution is 2.18. The minimum atomic E-state index is -0.727. The summed E-state index contributed by atoms with van der Waals surface area (Å²) in [5, 5.41) is 17.8. The fourth-order valence-electron chi connectivity index (χ4n) is 2.17. The molecule has 1 atom stereocenters. The summed E-state index contributed by atoms with van der Waals surface area (Å²) in [6.07, 6.45) is 10.0. The number of benzene rings is 1. The van der Waals surface area contributed by atoms with Gasteiger partial charge in [0, 0.05) is 0 Å². The molecule has 0 saturated carbocycles. The van der Waals surface area contributed by atoms with Crippen molar-refractivity contribution in [1.82, 2.24) is 0 Å². The van der Waals surface area contributed by atoms with Crippen LogP contribution in [-0.4, -0.2) is 23.0 Å². The molecule has 6 N–H and O–H groups in total. The van der Waals surface area contributed by atoms with Crippen molar-refractivity contribution >= 4 is 0 Å². The second kappa shape index (κ2) is 14.8. The molecule has 0 spiro atoms. The number of aryl methyl sites for hydroxylation is 1. The van der Waals surface area contributed by atoms with E-state index in [-0.39, 0.29) is 0 Å². The van der Waals surface area contributed by atoms with E-state index in [9.17, 15) is 5.11 Å². The third-order valence-electron chi connectivity index (χ3n) is 3.50. The zero-order valence-electron chi connectivity index (χ0n) is 14.0. The number of aliphatic hydroxyl groups is 1. The first-order valence-electron chi connectivity index (χ1n) is 8.52. The van der Waals surface area contributed by atoms with Gasteiger partial charge in [-0.25, -0.2) is 0 Å². The van der Waals surface area contributed by atoms with Gasteiger partial charge in [0.1, 0.15) is 12.0 Å². The number of phenolic OH excluding ortho intramolecular Hbond substituents is 1. The summed E-state index contributed by atoms with van der Waals surface area (Å²) >= 11 is 0. The van der Waals surface area contributed by atoms with Crippen LogP contribution in [0.5, 0.6) is 5.75 Å². The Kier molecular flexibility index (Phi) is 14.1. The Morgan fingerprint density at radius 1 is 1.00 bits per heavy atom. The summed E-state index contributed by atoms with van der Waals surface area (Å²) in [6.45, 7) is 2.70. The maximum Gasteiger partial charge on any atom is 0.118 e. The molecule has 0 aromatic heterocycles. The lowest BCUT2D eigenvalue weighted by molar-refractivity contribution is 0.175. The molecule has 4 heteroatoms. The number of hydrogen-bond donors (Lipinski definition) is 4. The largest absolute Gasteiger partial charge is 0.508 e. The van der Waals surface area contributed by atoms with E-state index in [0.29, 0.717) is 18.7 Å². The smallest absolute Gasteiger partial charge is 0.118 e. The molecule has 0 heterocycles. The highest BCUT2D eigenvalue weighted by molar-refractivity contribution is 5.31. The van der Waals surface area contributed by atoms with Gasteiger partial charge in [0.05, 0.1) is 0 Å². The zero-order chi connectivity index (χ0) is 16.6. The zero-order valence-corrected chi connectivity index (χ0v) is 14.0. The quantitative estimate of drug-likeness (QED) is 0.394. The van der Waals surface area contributed by atoms with Gasteiger partial charge in [-0.05, 0) is 37.4 Å². The van der Waals surface area contributed by atoms with Crippen LogP contribution in [0, 0.1) is 0 Å². The summed E-state index contributed by atoms with van der Waals surface area (Å²) in [6, 6.07) is 7.67. The Hall–Kier alpha value is -1.10. The van der Waals surface area contributed by atoms with Crippen molar-refractivity contribution in [3.63, 3.8) is 0 Å². The van der Waals surface area contributed by atoms with Gasteiger partial charge >= 0.3 is 0 Å².